The van der Waals surface area contributed by atoms with Gasteiger partial charge in [0.05, 0.1) is 6.04 Å². The van der Waals surface area contributed by atoms with Crippen molar-refractivity contribution in [2.24, 2.45) is 0 Å². The third-order valence-electron chi connectivity index (χ3n) is 4.55. The van der Waals surface area contributed by atoms with Gasteiger partial charge in [-0.2, -0.15) is 0 Å². The van der Waals surface area contributed by atoms with E-state index in [2.05, 4.69) is 10.2 Å². The van der Waals surface area contributed by atoms with E-state index in [1.165, 1.54) is 0 Å². The summed E-state index contributed by atoms with van der Waals surface area (Å²) in [6, 6.07) is 7.64. The summed E-state index contributed by atoms with van der Waals surface area (Å²) in [6.07, 6.45) is 0.468. The van der Waals surface area contributed by atoms with E-state index in [0.29, 0.717) is 39.1 Å². The van der Waals surface area contributed by atoms with Gasteiger partial charge in [-0.25, -0.2) is 0 Å². The predicted molar refractivity (Wildman–Crippen MR) is 85.1 cm³/mol. The molecule has 0 unspecified atom stereocenters. The van der Waals surface area contributed by atoms with Crippen LogP contribution in [0.4, 0.5) is 0 Å². The Morgan fingerprint density at radius 1 is 1.22 bits per heavy atom. The van der Waals surface area contributed by atoms with Gasteiger partial charge in [0.15, 0.2) is 5.78 Å². The first-order chi connectivity index (χ1) is 11.0. The van der Waals surface area contributed by atoms with Crippen LogP contribution < -0.4 is 5.32 Å². The average molecular weight is 315 g/mol. The van der Waals surface area contributed by atoms with Crippen LogP contribution in [0.15, 0.2) is 24.3 Å². The van der Waals surface area contributed by atoms with Crippen LogP contribution in [0.5, 0.6) is 0 Å². The van der Waals surface area contributed by atoms with Gasteiger partial charge in [-0.3, -0.25) is 19.3 Å². The number of benzene rings is 1. The van der Waals surface area contributed by atoms with Crippen molar-refractivity contribution < 1.29 is 14.4 Å². The highest BCUT2D eigenvalue weighted by molar-refractivity contribution is 6.35. The van der Waals surface area contributed by atoms with Crippen molar-refractivity contribution in [2.75, 3.05) is 32.7 Å². The largest absolute Gasteiger partial charge is 0.346 e. The SMILES string of the molecule is Cc1ccc(C(=O)CCN2CCN3C(=O)C(=O)NC[C@@H]3C2)cc1. The van der Waals surface area contributed by atoms with Crippen LogP contribution >= 0.6 is 0 Å². The third kappa shape index (κ3) is 3.42. The van der Waals surface area contributed by atoms with Gasteiger partial charge in [0, 0.05) is 44.7 Å². The number of fused-ring (bicyclic) bond motifs is 1. The van der Waals surface area contributed by atoms with E-state index in [1.54, 1.807) is 4.90 Å². The first kappa shape index (κ1) is 15.7. The molecule has 2 aliphatic rings. The summed E-state index contributed by atoms with van der Waals surface area (Å²) in [6.45, 7) is 5.13. The molecular formula is C17H21N3O3. The number of carbonyl (C=O) groups excluding carboxylic acids is 3. The van der Waals surface area contributed by atoms with E-state index in [0.717, 1.165) is 11.1 Å². The normalized spacial score (nSPS) is 21.8. The molecule has 0 saturated carbocycles. The number of hydrogen-bond donors (Lipinski definition) is 1. The second-order valence-electron chi connectivity index (χ2n) is 6.20. The lowest BCUT2D eigenvalue weighted by atomic mass is 10.1. The molecule has 122 valence electrons. The Hall–Kier alpha value is -2.21. The molecule has 2 aliphatic heterocycles. The molecule has 1 N–H and O–H groups in total. The Morgan fingerprint density at radius 3 is 2.70 bits per heavy atom. The van der Waals surface area contributed by atoms with E-state index in [4.69, 9.17) is 0 Å². The summed E-state index contributed by atoms with van der Waals surface area (Å²) in [5.41, 5.74) is 1.89. The molecule has 0 spiro atoms. The van der Waals surface area contributed by atoms with Crippen LogP contribution in [-0.4, -0.2) is 66.2 Å². The minimum absolute atomic E-state index is 0.0171. The maximum atomic E-state index is 12.2. The molecule has 0 aromatic heterocycles. The minimum atomic E-state index is -0.510. The fourth-order valence-corrected chi connectivity index (χ4v) is 3.12. The lowest BCUT2D eigenvalue weighted by Gasteiger charge is -2.43. The molecule has 0 radical (unpaired) electrons. The summed E-state index contributed by atoms with van der Waals surface area (Å²) in [5, 5.41) is 2.62. The predicted octanol–water partition coefficient (Wildman–Crippen LogP) is 0.210. The molecule has 0 aliphatic carbocycles. The number of nitrogens with zero attached hydrogens (tertiary/aromatic N) is 2. The highest BCUT2D eigenvalue weighted by atomic mass is 16.2. The summed E-state index contributed by atoms with van der Waals surface area (Å²) in [5.74, 6) is -0.804. The summed E-state index contributed by atoms with van der Waals surface area (Å²) >= 11 is 0. The Morgan fingerprint density at radius 2 is 1.96 bits per heavy atom. The Bertz CT molecular complexity index is 626. The Kier molecular flexibility index (Phi) is 4.43. The van der Waals surface area contributed by atoms with Gasteiger partial charge in [0.1, 0.15) is 0 Å². The van der Waals surface area contributed by atoms with Crippen molar-refractivity contribution in [1.29, 1.82) is 0 Å². The van der Waals surface area contributed by atoms with Crippen LogP contribution in [0.3, 0.4) is 0 Å². The number of ketones is 1. The molecule has 1 atom stereocenters. The van der Waals surface area contributed by atoms with Crippen molar-refractivity contribution in [3.05, 3.63) is 35.4 Å². The molecule has 2 heterocycles. The number of rotatable bonds is 4. The molecule has 2 saturated heterocycles. The topological polar surface area (TPSA) is 69.7 Å². The zero-order valence-electron chi connectivity index (χ0n) is 13.2. The van der Waals surface area contributed by atoms with Gasteiger partial charge < -0.3 is 10.2 Å². The number of hydrogen-bond acceptors (Lipinski definition) is 4. The zero-order chi connectivity index (χ0) is 16.4. The Balaban J connectivity index is 1.52. The zero-order valence-corrected chi connectivity index (χ0v) is 13.2. The van der Waals surface area contributed by atoms with E-state index in [9.17, 15) is 14.4 Å². The van der Waals surface area contributed by atoms with Gasteiger partial charge in [0.25, 0.3) is 0 Å². The lowest BCUT2D eigenvalue weighted by Crippen LogP contribution is -2.65. The number of piperazine rings is 2. The molecule has 1 aromatic rings. The smallest absolute Gasteiger partial charge is 0.312 e. The fourth-order valence-electron chi connectivity index (χ4n) is 3.12. The van der Waals surface area contributed by atoms with Gasteiger partial charge >= 0.3 is 11.8 Å². The van der Waals surface area contributed by atoms with Crippen molar-refractivity contribution in [3.63, 3.8) is 0 Å². The van der Waals surface area contributed by atoms with E-state index in [1.807, 2.05) is 31.2 Å². The van der Waals surface area contributed by atoms with Gasteiger partial charge in [-0.1, -0.05) is 29.8 Å². The first-order valence-electron chi connectivity index (χ1n) is 7.95. The molecule has 2 amide bonds. The monoisotopic (exact) mass is 315 g/mol. The summed E-state index contributed by atoms with van der Waals surface area (Å²) < 4.78 is 0. The van der Waals surface area contributed by atoms with E-state index >= 15 is 0 Å². The lowest BCUT2D eigenvalue weighted by molar-refractivity contribution is -0.152. The first-order valence-corrected chi connectivity index (χ1v) is 7.95. The van der Waals surface area contributed by atoms with Gasteiger partial charge in [0.2, 0.25) is 0 Å². The second kappa shape index (κ2) is 6.50. The van der Waals surface area contributed by atoms with Crippen molar-refractivity contribution in [1.82, 2.24) is 15.1 Å². The molecule has 3 rings (SSSR count). The molecule has 6 heteroatoms. The number of aryl methyl sites for hydroxylation is 1. The number of amides is 2. The van der Waals surface area contributed by atoms with E-state index in [-0.39, 0.29) is 11.8 Å². The van der Waals surface area contributed by atoms with Crippen LogP contribution in [0.1, 0.15) is 22.3 Å². The summed E-state index contributed by atoms with van der Waals surface area (Å²) in [7, 11) is 0. The molecule has 23 heavy (non-hydrogen) atoms. The number of nitrogens with one attached hydrogen (secondary N) is 1. The highest BCUT2D eigenvalue weighted by Gasteiger charge is 2.37. The standard InChI is InChI=1S/C17H21N3O3/c1-12-2-4-13(5-3-12)15(21)6-7-19-8-9-20-14(11-19)10-18-16(22)17(20)23/h2-5,14H,6-11H2,1H3,(H,18,22)/t14-/m1/s1. The van der Waals surface area contributed by atoms with Gasteiger partial charge in [-0.05, 0) is 6.92 Å². The molecule has 1 aromatic carbocycles. The maximum absolute atomic E-state index is 12.2. The van der Waals surface area contributed by atoms with Crippen LogP contribution in [0, 0.1) is 6.92 Å². The summed E-state index contributed by atoms with van der Waals surface area (Å²) in [4.78, 5) is 39.2. The molecule has 2 fully saturated rings. The maximum Gasteiger partial charge on any atom is 0.312 e. The number of Topliss-reactive ketones (excluding diaryl/α,β-unsaturated/α-hetero) is 1. The van der Waals surface area contributed by atoms with E-state index < -0.39 is 11.8 Å². The van der Waals surface area contributed by atoms with Crippen LogP contribution in [0.25, 0.3) is 0 Å². The second-order valence-corrected chi connectivity index (χ2v) is 6.20. The molecule has 6 nitrogen and oxygen atoms in total. The van der Waals surface area contributed by atoms with Crippen molar-refractivity contribution in [3.8, 4) is 0 Å². The average Bonchev–Trinajstić information content (AvgIpc) is 2.56. The minimum Gasteiger partial charge on any atom is -0.346 e. The van der Waals surface area contributed by atoms with Crippen LogP contribution in [0.2, 0.25) is 0 Å². The van der Waals surface area contributed by atoms with Crippen molar-refractivity contribution in [2.45, 2.75) is 19.4 Å². The molecular weight excluding hydrogens is 294 g/mol. The van der Waals surface area contributed by atoms with Gasteiger partial charge in [-0.15, -0.1) is 0 Å². The quantitative estimate of drug-likeness (QED) is 0.637. The third-order valence-corrected chi connectivity index (χ3v) is 4.55. The molecule has 0 bridgehead atoms. The Labute approximate surface area is 135 Å². The number of carbonyl (C=O) groups is 3. The van der Waals surface area contributed by atoms with Crippen molar-refractivity contribution >= 4 is 17.6 Å². The highest BCUT2D eigenvalue weighted by Crippen LogP contribution is 2.14. The fraction of sp³-hybridized carbons (Fsp3) is 0.471. The van der Waals surface area contributed by atoms with Crippen LogP contribution in [-0.2, 0) is 9.59 Å².